The van der Waals surface area contributed by atoms with Gasteiger partial charge in [0.05, 0.1) is 17.1 Å². The Labute approximate surface area is 118 Å². The fourth-order valence-electron chi connectivity index (χ4n) is 2.83. The van der Waals surface area contributed by atoms with E-state index in [2.05, 4.69) is 4.72 Å². The predicted octanol–water partition coefficient (Wildman–Crippen LogP) is -0.363. The molecule has 8 heteroatoms. The smallest absolute Gasteiger partial charge is 0.307 e. The number of sulfonamides is 1. The van der Waals surface area contributed by atoms with E-state index in [0.717, 1.165) is 0 Å². The lowest BCUT2D eigenvalue weighted by molar-refractivity contribution is -0.156. The van der Waals surface area contributed by atoms with E-state index in [4.69, 9.17) is 5.11 Å². The summed E-state index contributed by atoms with van der Waals surface area (Å²) in [4.78, 5) is 24.7. The van der Waals surface area contributed by atoms with Crippen LogP contribution in [0.2, 0.25) is 0 Å². The van der Waals surface area contributed by atoms with Gasteiger partial charge < -0.3 is 10.0 Å². The van der Waals surface area contributed by atoms with E-state index in [-0.39, 0.29) is 12.5 Å². The topological polar surface area (TPSA) is 104 Å². The first-order valence-corrected chi connectivity index (χ1v) is 8.41. The monoisotopic (exact) mass is 304 g/mol. The van der Waals surface area contributed by atoms with Crippen LogP contribution < -0.4 is 4.72 Å². The van der Waals surface area contributed by atoms with Crippen molar-refractivity contribution >= 4 is 21.9 Å². The third-order valence-electron chi connectivity index (χ3n) is 4.15. The van der Waals surface area contributed by atoms with E-state index >= 15 is 0 Å². The van der Waals surface area contributed by atoms with Crippen molar-refractivity contribution in [3.8, 4) is 0 Å². The molecule has 0 aromatic carbocycles. The van der Waals surface area contributed by atoms with Crippen LogP contribution in [0.5, 0.6) is 0 Å². The van der Waals surface area contributed by atoms with E-state index in [1.54, 1.807) is 6.92 Å². The molecule has 20 heavy (non-hydrogen) atoms. The van der Waals surface area contributed by atoms with Gasteiger partial charge in [0.15, 0.2) is 0 Å². The molecule has 0 radical (unpaired) electrons. The molecule has 1 aliphatic heterocycles. The summed E-state index contributed by atoms with van der Waals surface area (Å²) in [6.07, 6.45) is 1.52. The van der Waals surface area contributed by atoms with Crippen LogP contribution in [0.4, 0.5) is 0 Å². The van der Waals surface area contributed by atoms with Gasteiger partial charge in [-0.05, 0) is 19.3 Å². The zero-order valence-corrected chi connectivity index (χ0v) is 12.2. The van der Waals surface area contributed by atoms with Gasteiger partial charge in [-0.2, -0.15) is 0 Å². The van der Waals surface area contributed by atoms with Crippen molar-refractivity contribution in [2.24, 2.45) is 11.8 Å². The van der Waals surface area contributed by atoms with Crippen molar-refractivity contribution < 1.29 is 23.1 Å². The molecule has 2 aliphatic rings. The lowest BCUT2D eigenvalue weighted by atomic mass is 9.73. The minimum Gasteiger partial charge on any atom is -0.481 e. The Morgan fingerprint density at radius 2 is 1.90 bits per heavy atom. The van der Waals surface area contributed by atoms with Crippen LogP contribution in [0.1, 0.15) is 26.2 Å². The third kappa shape index (κ3) is 2.80. The average molecular weight is 304 g/mol. The first-order chi connectivity index (χ1) is 9.36. The van der Waals surface area contributed by atoms with Crippen LogP contribution in [-0.4, -0.2) is 55.2 Å². The summed E-state index contributed by atoms with van der Waals surface area (Å²) in [6.45, 7) is 2.59. The van der Waals surface area contributed by atoms with Crippen LogP contribution in [-0.2, 0) is 19.6 Å². The molecule has 2 rings (SSSR count). The number of amides is 1. The fourth-order valence-corrected chi connectivity index (χ4v) is 4.26. The highest BCUT2D eigenvalue weighted by atomic mass is 32.2. The van der Waals surface area contributed by atoms with Crippen LogP contribution in [0.3, 0.4) is 0 Å². The molecule has 7 nitrogen and oxygen atoms in total. The van der Waals surface area contributed by atoms with Crippen LogP contribution >= 0.6 is 0 Å². The number of likely N-dealkylation sites (tertiary alicyclic amines) is 1. The van der Waals surface area contributed by atoms with Crippen molar-refractivity contribution in [3.05, 3.63) is 0 Å². The van der Waals surface area contributed by atoms with Crippen LogP contribution in [0, 0.1) is 11.8 Å². The van der Waals surface area contributed by atoms with Gasteiger partial charge in [0.2, 0.25) is 15.9 Å². The number of carbonyl (C=O) groups excluding carboxylic acids is 1. The van der Waals surface area contributed by atoms with E-state index < -0.39 is 33.1 Å². The standard InChI is InChI=1S/C12H20N2O5S/c1-2-13-20(18,19)8-5-6-14(7-8)11(15)9-3-4-10(9)12(16)17/h8-10,13H,2-7H2,1H3,(H,16,17). The Morgan fingerprint density at radius 3 is 2.40 bits per heavy atom. The molecule has 3 atom stereocenters. The second-order valence-electron chi connectivity index (χ2n) is 5.37. The number of nitrogens with one attached hydrogen (secondary N) is 1. The number of hydrogen-bond acceptors (Lipinski definition) is 4. The van der Waals surface area contributed by atoms with Gasteiger partial charge in [0.25, 0.3) is 0 Å². The van der Waals surface area contributed by atoms with Crippen molar-refractivity contribution in [3.63, 3.8) is 0 Å². The zero-order chi connectivity index (χ0) is 14.9. The van der Waals surface area contributed by atoms with E-state index in [1.807, 2.05) is 0 Å². The fraction of sp³-hybridized carbons (Fsp3) is 0.833. The molecule has 2 fully saturated rings. The first-order valence-electron chi connectivity index (χ1n) is 6.87. The Hall–Kier alpha value is -1.15. The van der Waals surface area contributed by atoms with Crippen LogP contribution in [0.15, 0.2) is 0 Å². The highest BCUT2D eigenvalue weighted by Crippen LogP contribution is 2.36. The van der Waals surface area contributed by atoms with Crippen molar-refractivity contribution in [1.29, 1.82) is 0 Å². The number of aliphatic carboxylic acids is 1. The highest BCUT2D eigenvalue weighted by molar-refractivity contribution is 7.90. The lowest BCUT2D eigenvalue weighted by Crippen LogP contribution is -2.46. The molecule has 114 valence electrons. The maximum Gasteiger partial charge on any atom is 0.307 e. The Kier molecular flexibility index (Phi) is 4.33. The van der Waals surface area contributed by atoms with Crippen molar-refractivity contribution in [2.45, 2.75) is 31.4 Å². The highest BCUT2D eigenvalue weighted by Gasteiger charge is 2.45. The lowest BCUT2D eigenvalue weighted by Gasteiger charge is -2.34. The molecule has 0 aromatic heterocycles. The van der Waals surface area contributed by atoms with E-state index in [0.29, 0.717) is 32.4 Å². The molecule has 1 saturated heterocycles. The Morgan fingerprint density at radius 1 is 1.25 bits per heavy atom. The number of hydrogen-bond donors (Lipinski definition) is 2. The molecule has 1 saturated carbocycles. The van der Waals surface area contributed by atoms with Gasteiger partial charge in [0, 0.05) is 19.6 Å². The Bertz CT molecular complexity index is 504. The van der Waals surface area contributed by atoms with Crippen LogP contribution in [0.25, 0.3) is 0 Å². The first kappa shape index (κ1) is 15.2. The number of carboxylic acid groups (broad SMARTS) is 1. The van der Waals surface area contributed by atoms with E-state index in [1.165, 1.54) is 4.90 Å². The second-order valence-corrected chi connectivity index (χ2v) is 7.41. The molecule has 0 aromatic rings. The third-order valence-corrected chi connectivity index (χ3v) is 6.10. The summed E-state index contributed by atoms with van der Waals surface area (Å²) >= 11 is 0. The van der Waals surface area contributed by atoms with Gasteiger partial charge in [-0.25, -0.2) is 13.1 Å². The van der Waals surface area contributed by atoms with Crippen molar-refractivity contribution in [1.82, 2.24) is 9.62 Å². The number of rotatable bonds is 5. The number of nitrogens with zero attached hydrogens (tertiary/aromatic N) is 1. The van der Waals surface area contributed by atoms with Gasteiger partial charge in [0.1, 0.15) is 0 Å². The summed E-state index contributed by atoms with van der Waals surface area (Å²) in [6, 6.07) is 0. The van der Waals surface area contributed by atoms with Gasteiger partial charge in [-0.1, -0.05) is 6.92 Å². The van der Waals surface area contributed by atoms with Gasteiger partial charge >= 0.3 is 5.97 Å². The number of carbonyl (C=O) groups is 2. The summed E-state index contributed by atoms with van der Waals surface area (Å²) < 4.78 is 26.2. The van der Waals surface area contributed by atoms with Gasteiger partial charge in [-0.15, -0.1) is 0 Å². The minimum absolute atomic E-state index is 0.164. The minimum atomic E-state index is -3.38. The largest absolute Gasteiger partial charge is 0.481 e. The SMILES string of the molecule is CCNS(=O)(=O)C1CCN(C(=O)C2CCC2C(=O)O)C1. The molecule has 3 unspecified atom stereocenters. The molecule has 2 N–H and O–H groups in total. The maximum absolute atomic E-state index is 12.2. The van der Waals surface area contributed by atoms with Crippen molar-refractivity contribution in [2.75, 3.05) is 19.6 Å². The molecule has 1 amide bonds. The zero-order valence-electron chi connectivity index (χ0n) is 11.4. The predicted molar refractivity (Wildman–Crippen MR) is 71.4 cm³/mol. The molecule has 1 aliphatic carbocycles. The summed E-state index contributed by atoms with van der Waals surface area (Å²) in [5.41, 5.74) is 0. The second kappa shape index (κ2) is 5.69. The molecular formula is C12H20N2O5S. The van der Waals surface area contributed by atoms with E-state index in [9.17, 15) is 18.0 Å². The summed E-state index contributed by atoms with van der Waals surface area (Å²) in [5.74, 6) is -2.23. The average Bonchev–Trinajstić information content (AvgIpc) is 2.75. The summed E-state index contributed by atoms with van der Waals surface area (Å²) in [5, 5.41) is 8.38. The number of carboxylic acids is 1. The quantitative estimate of drug-likeness (QED) is 0.721. The Balaban J connectivity index is 1.96. The normalized spacial score (nSPS) is 30.1. The van der Waals surface area contributed by atoms with Gasteiger partial charge in [-0.3, -0.25) is 9.59 Å². The molecule has 1 heterocycles. The molecule has 0 bridgehead atoms. The molecule has 0 spiro atoms. The molecular weight excluding hydrogens is 284 g/mol. The maximum atomic E-state index is 12.2. The summed E-state index contributed by atoms with van der Waals surface area (Å²) in [7, 11) is -3.38.